The highest BCUT2D eigenvalue weighted by Crippen LogP contribution is 2.24. The van der Waals surface area contributed by atoms with Gasteiger partial charge in [0.25, 0.3) is 0 Å². The lowest BCUT2D eigenvalue weighted by molar-refractivity contribution is 0.0214. The van der Waals surface area contributed by atoms with E-state index in [1.807, 2.05) is 25.7 Å². The minimum absolute atomic E-state index is 0.212. The fraction of sp³-hybridized carbons (Fsp3) is 0.632. The molecule has 1 aliphatic heterocycles. The second-order valence-corrected chi connectivity index (χ2v) is 7.61. The summed E-state index contributed by atoms with van der Waals surface area (Å²) in [7, 11) is 0. The van der Waals surface area contributed by atoms with E-state index in [2.05, 4.69) is 12.2 Å². The van der Waals surface area contributed by atoms with Gasteiger partial charge in [0.2, 0.25) is 0 Å². The Morgan fingerprint density at radius 1 is 1.38 bits per heavy atom. The highest BCUT2D eigenvalue weighted by molar-refractivity contribution is 5.68. The number of benzene rings is 1. The summed E-state index contributed by atoms with van der Waals surface area (Å²) in [6.45, 7) is 9.26. The molecule has 0 bridgehead atoms. The van der Waals surface area contributed by atoms with Crippen molar-refractivity contribution in [3.05, 3.63) is 35.6 Å². The lowest BCUT2D eigenvalue weighted by atomic mass is 10.1. The molecule has 1 N–H and O–H groups in total. The number of halogens is 1. The van der Waals surface area contributed by atoms with Gasteiger partial charge in [0, 0.05) is 25.2 Å². The molecule has 0 aliphatic carbocycles. The number of likely N-dealkylation sites (tertiary alicyclic amines) is 1. The number of carbonyl (C=O) groups excluding carboxylic acids is 1. The number of amides is 1. The van der Waals surface area contributed by atoms with Crippen LogP contribution in [0.1, 0.15) is 52.5 Å². The lowest BCUT2D eigenvalue weighted by Crippen LogP contribution is -2.42. The predicted octanol–water partition coefficient (Wildman–Crippen LogP) is 4.09. The van der Waals surface area contributed by atoms with Crippen molar-refractivity contribution in [1.82, 2.24) is 10.2 Å². The van der Waals surface area contributed by atoms with Gasteiger partial charge < -0.3 is 15.0 Å². The van der Waals surface area contributed by atoms with Crippen molar-refractivity contribution < 1.29 is 13.9 Å². The molecule has 2 rings (SSSR count). The highest BCUT2D eigenvalue weighted by atomic mass is 19.1. The monoisotopic (exact) mass is 336 g/mol. The Labute approximate surface area is 144 Å². The number of ether oxygens (including phenoxy) is 1. The van der Waals surface area contributed by atoms with Crippen molar-refractivity contribution in [2.75, 3.05) is 6.54 Å². The van der Waals surface area contributed by atoms with E-state index >= 15 is 0 Å². The molecule has 1 saturated heterocycles. The minimum Gasteiger partial charge on any atom is -0.444 e. The molecule has 1 fully saturated rings. The molecule has 0 saturated carbocycles. The van der Waals surface area contributed by atoms with Crippen LogP contribution in [0.3, 0.4) is 0 Å². The fourth-order valence-electron chi connectivity index (χ4n) is 3.03. The average molecular weight is 336 g/mol. The number of rotatable bonds is 5. The Morgan fingerprint density at radius 3 is 2.67 bits per heavy atom. The van der Waals surface area contributed by atoms with Gasteiger partial charge in [-0.25, -0.2) is 9.18 Å². The quantitative estimate of drug-likeness (QED) is 0.880. The maximum atomic E-state index is 12.9. The molecule has 134 valence electrons. The van der Waals surface area contributed by atoms with Gasteiger partial charge in [-0.05, 0) is 64.7 Å². The van der Waals surface area contributed by atoms with Gasteiger partial charge in [-0.3, -0.25) is 0 Å². The summed E-state index contributed by atoms with van der Waals surface area (Å²) in [6, 6.07) is 7.01. The SMILES string of the molecule is CC(CC1CCCN1C(=O)OC(C)(C)C)NCc1ccc(F)cc1. The van der Waals surface area contributed by atoms with Gasteiger partial charge in [-0.1, -0.05) is 12.1 Å². The first-order chi connectivity index (χ1) is 11.2. The van der Waals surface area contributed by atoms with Crippen LogP contribution >= 0.6 is 0 Å². The molecule has 2 unspecified atom stereocenters. The van der Waals surface area contributed by atoms with Crippen LogP contribution in [0.2, 0.25) is 0 Å². The van der Waals surface area contributed by atoms with Gasteiger partial charge in [0.15, 0.2) is 0 Å². The van der Waals surface area contributed by atoms with Gasteiger partial charge in [0.05, 0.1) is 0 Å². The molecule has 0 aromatic heterocycles. The van der Waals surface area contributed by atoms with Crippen molar-refractivity contribution in [3.8, 4) is 0 Å². The van der Waals surface area contributed by atoms with Gasteiger partial charge in [0.1, 0.15) is 11.4 Å². The lowest BCUT2D eigenvalue weighted by Gasteiger charge is -2.30. The van der Waals surface area contributed by atoms with Crippen molar-refractivity contribution in [2.24, 2.45) is 0 Å². The van der Waals surface area contributed by atoms with E-state index in [-0.39, 0.29) is 24.0 Å². The third kappa shape index (κ3) is 5.78. The number of hydrogen-bond donors (Lipinski definition) is 1. The zero-order chi connectivity index (χ0) is 17.7. The summed E-state index contributed by atoms with van der Waals surface area (Å²) in [6.07, 6.45) is 2.72. The van der Waals surface area contributed by atoms with E-state index in [1.165, 1.54) is 12.1 Å². The predicted molar refractivity (Wildman–Crippen MR) is 93.3 cm³/mol. The molecule has 1 aliphatic rings. The van der Waals surface area contributed by atoms with E-state index in [4.69, 9.17) is 4.74 Å². The molecule has 5 heteroatoms. The first-order valence-corrected chi connectivity index (χ1v) is 8.72. The average Bonchev–Trinajstić information content (AvgIpc) is 2.93. The summed E-state index contributed by atoms with van der Waals surface area (Å²) in [5.41, 5.74) is 0.593. The number of nitrogens with zero attached hydrogens (tertiary/aromatic N) is 1. The van der Waals surface area contributed by atoms with Crippen molar-refractivity contribution in [2.45, 2.75) is 71.2 Å². The topological polar surface area (TPSA) is 41.6 Å². The standard InChI is InChI=1S/C19H29FN2O2/c1-14(21-13-15-7-9-16(20)10-8-15)12-17-6-5-11-22(17)18(23)24-19(2,3)4/h7-10,14,17,21H,5-6,11-13H2,1-4H3. The molecular formula is C19H29FN2O2. The summed E-state index contributed by atoms with van der Waals surface area (Å²) in [4.78, 5) is 14.2. The number of hydrogen-bond acceptors (Lipinski definition) is 3. The third-order valence-electron chi connectivity index (χ3n) is 4.20. The van der Waals surface area contributed by atoms with E-state index in [1.54, 1.807) is 12.1 Å². The van der Waals surface area contributed by atoms with Crippen LogP contribution in [-0.4, -0.2) is 35.2 Å². The van der Waals surface area contributed by atoms with Crippen LogP contribution in [0.4, 0.5) is 9.18 Å². The second kappa shape index (κ2) is 7.97. The van der Waals surface area contributed by atoms with Gasteiger partial charge in [-0.15, -0.1) is 0 Å². The minimum atomic E-state index is -0.462. The van der Waals surface area contributed by atoms with Crippen LogP contribution < -0.4 is 5.32 Å². The maximum Gasteiger partial charge on any atom is 0.410 e. The zero-order valence-corrected chi connectivity index (χ0v) is 15.1. The van der Waals surface area contributed by atoms with Gasteiger partial charge in [-0.2, -0.15) is 0 Å². The van der Waals surface area contributed by atoms with Crippen LogP contribution in [0, 0.1) is 5.82 Å². The Kier molecular flexibility index (Phi) is 6.21. The Bertz CT molecular complexity index is 539. The van der Waals surface area contributed by atoms with E-state index in [9.17, 15) is 9.18 Å². The first-order valence-electron chi connectivity index (χ1n) is 8.72. The molecule has 0 radical (unpaired) electrons. The molecule has 2 atom stereocenters. The number of nitrogens with one attached hydrogen (secondary N) is 1. The summed E-state index contributed by atoms with van der Waals surface area (Å²) < 4.78 is 18.4. The Morgan fingerprint density at radius 2 is 2.04 bits per heavy atom. The Hall–Kier alpha value is -1.62. The van der Waals surface area contributed by atoms with E-state index in [0.717, 1.165) is 31.4 Å². The largest absolute Gasteiger partial charge is 0.444 e. The summed E-state index contributed by atoms with van der Waals surface area (Å²) in [5.74, 6) is -0.217. The van der Waals surface area contributed by atoms with E-state index in [0.29, 0.717) is 6.54 Å². The molecule has 1 aromatic rings. The molecule has 1 aromatic carbocycles. The van der Waals surface area contributed by atoms with Crippen molar-refractivity contribution in [3.63, 3.8) is 0 Å². The molecular weight excluding hydrogens is 307 g/mol. The molecule has 24 heavy (non-hydrogen) atoms. The zero-order valence-electron chi connectivity index (χ0n) is 15.1. The maximum absolute atomic E-state index is 12.9. The second-order valence-electron chi connectivity index (χ2n) is 7.61. The molecule has 1 heterocycles. The first kappa shape index (κ1) is 18.7. The van der Waals surface area contributed by atoms with Crippen molar-refractivity contribution in [1.29, 1.82) is 0 Å². The van der Waals surface area contributed by atoms with Crippen LogP contribution in [-0.2, 0) is 11.3 Å². The third-order valence-corrected chi connectivity index (χ3v) is 4.20. The van der Waals surface area contributed by atoms with Crippen LogP contribution in [0.15, 0.2) is 24.3 Å². The molecule has 0 spiro atoms. The molecule has 1 amide bonds. The molecule has 4 nitrogen and oxygen atoms in total. The van der Waals surface area contributed by atoms with Gasteiger partial charge >= 0.3 is 6.09 Å². The summed E-state index contributed by atoms with van der Waals surface area (Å²) >= 11 is 0. The van der Waals surface area contributed by atoms with E-state index < -0.39 is 5.60 Å². The smallest absolute Gasteiger partial charge is 0.410 e. The fourth-order valence-corrected chi connectivity index (χ4v) is 3.03. The summed E-state index contributed by atoms with van der Waals surface area (Å²) in [5, 5.41) is 3.45. The number of carbonyl (C=O) groups is 1. The normalized spacial score (nSPS) is 19.4. The van der Waals surface area contributed by atoms with Crippen LogP contribution in [0.5, 0.6) is 0 Å². The van der Waals surface area contributed by atoms with Crippen molar-refractivity contribution >= 4 is 6.09 Å². The van der Waals surface area contributed by atoms with Crippen LogP contribution in [0.25, 0.3) is 0 Å². The Balaban J connectivity index is 1.82. The highest BCUT2D eigenvalue weighted by Gasteiger charge is 2.32.